The molecule has 2 aromatic heterocycles. The van der Waals surface area contributed by atoms with Crippen molar-refractivity contribution in [2.45, 2.75) is 19.7 Å². The second kappa shape index (κ2) is 6.60. The Morgan fingerprint density at radius 2 is 1.83 bits per heavy atom. The van der Waals surface area contributed by atoms with E-state index in [-0.39, 0.29) is 6.61 Å². The first-order valence-electron chi connectivity index (χ1n) is 7.09. The molecule has 0 saturated heterocycles. The normalized spacial score (nSPS) is 11.5. The molecule has 0 amide bonds. The Hall–Kier alpha value is -2.41. The maximum Gasteiger partial charge on any atom is 0.416 e. The summed E-state index contributed by atoms with van der Waals surface area (Å²) in [5.74, 6) is 0.643. The molecule has 0 saturated carbocycles. The second-order valence-electron chi connectivity index (χ2n) is 5.14. The number of aryl methyl sites for hydroxylation is 1. The summed E-state index contributed by atoms with van der Waals surface area (Å²) in [6.45, 7) is 2.17. The monoisotopic (exact) mass is 350 g/mol. The van der Waals surface area contributed by atoms with E-state index in [1.54, 1.807) is 6.20 Å². The molecular formula is C17H13F3N2OS. The molecule has 124 valence electrons. The van der Waals surface area contributed by atoms with E-state index in [4.69, 9.17) is 4.74 Å². The molecule has 0 unspecified atom stereocenters. The fourth-order valence-corrected chi connectivity index (χ4v) is 2.82. The van der Waals surface area contributed by atoms with Gasteiger partial charge in [0.25, 0.3) is 0 Å². The van der Waals surface area contributed by atoms with Crippen LogP contribution in [0.25, 0.3) is 10.6 Å². The number of hydrogen-bond donors (Lipinski definition) is 0. The van der Waals surface area contributed by atoms with E-state index in [1.807, 2.05) is 24.4 Å². The molecule has 0 fully saturated rings. The van der Waals surface area contributed by atoms with Crippen LogP contribution < -0.4 is 4.74 Å². The van der Waals surface area contributed by atoms with E-state index in [0.717, 1.165) is 23.5 Å². The third kappa shape index (κ3) is 3.91. The zero-order valence-corrected chi connectivity index (χ0v) is 13.5. The minimum absolute atomic E-state index is 0.280. The Bertz CT molecular complexity index is 811. The van der Waals surface area contributed by atoms with Gasteiger partial charge in [0, 0.05) is 16.6 Å². The van der Waals surface area contributed by atoms with Gasteiger partial charge < -0.3 is 4.74 Å². The van der Waals surface area contributed by atoms with Crippen LogP contribution in [0.2, 0.25) is 0 Å². The molecule has 0 aliphatic rings. The van der Waals surface area contributed by atoms with Crippen LogP contribution in [0.4, 0.5) is 13.2 Å². The summed E-state index contributed by atoms with van der Waals surface area (Å²) >= 11 is 1.37. The highest BCUT2D eigenvalue weighted by Crippen LogP contribution is 2.31. The van der Waals surface area contributed by atoms with Crippen molar-refractivity contribution in [3.63, 3.8) is 0 Å². The molecule has 0 atom stereocenters. The summed E-state index contributed by atoms with van der Waals surface area (Å²) in [6, 6.07) is 8.65. The zero-order valence-electron chi connectivity index (χ0n) is 12.7. The molecule has 7 heteroatoms. The Labute approximate surface area is 140 Å². The standard InChI is InChI=1S/C17H13F3N2OS/c1-11-2-7-15(8-21-11)23-9-14-10-24-16(22-14)12-3-5-13(6-4-12)17(18,19)20/h2-8,10H,9H2,1H3. The molecule has 3 aromatic rings. The number of benzene rings is 1. The maximum atomic E-state index is 12.6. The van der Waals surface area contributed by atoms with E-state index in [2.05, 4.69) is 9.97 Å². The van der Waals surface area contributed by atoms with Gasteiger partial charge in [-0.1, -0.05) is 12.1 Å². The minimum atomic E-state index is -4.33. The summed E-state index contributed by atoms with van der Waals surface area (Å²) in [7, 11) is 0. The van der Waals surface area contributed by atoms with E-state index < -0.39 is 11.7 Å². The lowest BCUT2D eigenvalue weighted by molar-refractivity contribution is -0.137. The van der Waals surface area contributed by atoms with Crippen molar-refractivity contribution in [2.75, 3.05) is 0 Å². The average molecular weight is 350 g/mol. The third-order valence-electron chi connectivity index (χ3n) is 3.28. The van der Waals surface area contributed by atoms with Crippen molar-refractivity contribution < 1.29 is 17.9 Å². The molecule has 0 radical (unpaired) electrons. The molecule has 3 nitrogen and oxygen atoms in total. The Morgan fingerprint density at radius 1 is 1.08 bits per heavy atom. The number of alkyl halides is 3. The Balaban J connectivity index is 1.68. The van der Waals surface area contributed by atoms with Gasteiger partial charge in [-0.05, 0) is 31.2 Å². The molecule has 0 spiro atoms. The lowest BCUT2D eigenvalue weighted by Gasteiger charge is -2.06. The smallest absolute Gasteiger partial charge is 0.416 e. The van der Waals surface area contributed by atoms with Crippen LogP contribution in [-0.4, -0.2) is 9.97 Å². The van der Waals surface area contributed by atoms with E-state index in [9.17, 15) is 13.2 Å². The highest BCUT2D eigenvalue weighted by Gasteiger charge is 2.30. The first-order valence-corrected chi connectivity index (χ1v) is 7.97. The van der Waals surface area contributed by atoms with Gasteiger partial charge in [-0.3, -0.25) is 4.98 Å². The lowest BCUT2D eigenvalue weighted by atomic mass is 10.1. The summed E-state index contributed by atoms with van der Waals surface area (Å²) in [6.07, 6.45) is -2.69. The molecule has 0 aliphatic heterocycles. The first-order chi connectivity index (χ1) is 11.4. The van der Waals surface area contributed by atoms with Crippen LogP contribution in [0.15, 0.2) is 48.0 Å². The highest BCUT2D eigenvalue weighted by molar-refractivity contribution is 7.13. The van der Waals surface area contributed by atoms with Gasteiger partial charge in [0.2, 0.25) is 0 Å². The summed E-state index contributed by atoms with van der Waals surface area (Å²) in [5.41, 5.74) is 1.60. The fraction of sp³-hybridized carbons (Fsp3) is 0.176. The van der Waals surface area contributed by atoms with Crippen LogP contribution in [0.5, 0.6) is 5.75 Å². The van der Waals surface area contributed by atoms with Crippen molar-refractivity contribution in [1.82, 2.24) is 9.97 Å². The zero-order chi connectivity index (χ0) is 17.2. The van der Waals surface area contributed by atoms with Crippen LogP contribution in [0, 0.1) is 6.92 Å². The predicted molar refractivity (Wildman–Crippen MR) is 85.9 cm³/mol. The largest absolute Gasteiger partial charge is 0.486 e. The van der Waals surface area contributed by atoms with E-state index in [0.29, 0.717) is 16.3 Å². The predicted octanol–water partition coefficient (Wildman–Crippen LogP) is 5.11. The minimum Gasteiger partial charge on any atom is -0.486 e. The van der Waals surface area contributed by atoms with Gasteiger partial charge in [0.1, 0.15) is 17.4 Å². The molecular weight excluding hydrogens is 337 g/mol. The topological polar surface area (TPSA) is 35.0 Å². The van der Waals surface area contributed by atoms with Gasteiger partial charge in [0.15, 0.2) is 0 Å². The molecule has 1 aromatic carbocycles. The van der Waals surface area contributed by atoms with E-state index >= 15 is 0 Å². The van der Waals surface area contributed by atoms with Crippen molar-refractivity contribution in [2.24, 2.45) is 0 Å². The first kappa shape index (κ1) is 16.4. The Kier molecular flexibility index (Phi) is 4.53. The number of halogens is 3. The van der Waals surface area contributed by atoms with E-state index in [1.165, 1.54) is 23.5 Å². The number of rotatable bonds is 4. The molecule has 24 heavy (non-hydrogen) atoms. The van der Waals surface area contributed by atoms with Crippen molar-refractivity contribution in [3.05, 3.63) is 64.9 Å². The van der Waals surface area contributed by atoms with Gasteiger partial charge in [-0.2, -0.15) is 13.2 Å². The SMILES string of the molecule is Cc1ccc(OCc2csc(-c3ccc(C(F)(F)F)cc3)n2)cn1. The molecule has 0 aliphatic carbocycles. The van der Waals surface area contributed by atoms with Gasteiger partial charge in [0.05, 0.1) is 17.5 Å². The molecule has 0 N–H and O–H groups in total. The van der Waals surface area contributed by atoms with Crippen LogP contribution in [-0.2, 0) is 12.8 Å². The number of aromatic nitrogens is 2. The number of pyridine rings is 1. The van der Waals surface area contributed by atoms with Crippen LogP contribution in [0.1, 0.15) is 17.0 Å². The van der Waals surface area contributed by atoms with Crippen molar-refractivity contribution >= 4 is 11.3 Å². The van der Waals surface area contributed by atoms with Crippen LogP contribution in [0.3, 0.4) is 0 Å². The average Bonchev–Trinajstić information content (AvgIpc) is 3.03. The number of nitrogens with zero attached hydrogens (tertiary/aromatic N) is 2. The Morgan fingerprint density at radius 3 is 2.46 bits per heavy atom. The third-order valence-corrected chi connectivity index (χ3v) is 4.22. The summed E-state index contributed by atoms with van der Waals surface area (Å²) in [4.78, 5) is 8.53. The van der Waals surface area contributed by atoms with Gasteiger partial charge in [-0.15, -0.1) is 11.3 Å². The number of hydrogen-bond acceptors (Lipinski definition) is 4. The highest BCUT2D eigenvalue weighted by atomic mass is 32.1. The molecule has 3 rings (SSSR count). The summed E-state index contributed by atoms with van der Waals surface area (Å²) in [5, 5.41) is 2.48. The number of thiazole rings is 1. The number of ether oxygens (including phenoxy) is 1. The van der Waals surface area contributed by atoms with Crippen molar-refractivity contribution in [3.8, 4) is 16.3 Å². The molecule has 0 bridgehead atoms. The van der Waals surface area contributed by atoms with Gasteiger partial charge >= 0.3 is 6.18 Å². The quantitative estimate of drug-likeness (QED) is 0.656. The van der Waals surface area contributed by atoms with Gasteiger partial charge in [-0.25, -0.2) is 4.98 Å². The lowest BCUT2D eigenvalue weighted by Crippen LogP contribution is -2.03. The van der Waals surface area contributed by atoms with Crippen LogP contribution >= 0.6 is 11.3 Å². The second-order valence-corrected chi connectivity index (χ2v) is 6.00. The molecule has 2 heterocycles. The van der Waals surface area contributed by atoms with Crippen molar-refractivity contribution in [1.29, 1.82) is 0 Å². The fourth-order valence-electron chi connectivity index (χ4n) is 2.00. The summed E-state index contributed by atoms with van der Waals surface area (Å²) < 4.78 is 43.3. The maximum absolute atomic E-state index is 12.6.